The smallest absolute Gasteiger partial charge is 0.257 e. The molecule has 0 aliphatic carbocycles. The molecule has 2 aromatic carbocycles. The van der Waals surface area contributed by atoms with Crippen molar-refractivity contribution >= 4 is 33.2 Å². The van der Waals surface area contributed by atoms with E-state index in [1.54, 1.807) is 18.2 Å². The van der Waals surface area contributed by atoms with Crippen LogP contribution in [-0.2, 0) is 0 Å². The molecular formula is C14H12BrFN2O2. The molecule has 0 spiro atoms. The molecule has 104 valence electrons. The molecular weight excluding hydrogens is 327 g/mol. The van der Waals surface area contributed by atoms with Gasteiger partial charge in [-0.25, -0.2) is 4.39 Å². The van der Waals surface area contributed by atoms with Gasteiger partial charge in [0, 0.05) is 4.47 Å². The Hall–Kier alpha value is -2.08. The quantitative estimate of drug-likeness (QED) is 0.842. The second-order valence-electron chi connectivity index (χ2n) is 4.00. The number of ether oxygens (including phenoxy) is 1. The Bertz CT molecular complexity index is 662. The number of carbonyl (C=O) groups excluding carboxylic acids is 1. The van der Waals surface area contributed by atoms with Crippen LogP contribution in [0.25, 0.3) is 0 Å². The van der Waals surface area contributed by atoms with Gasteiger partial charge in [-0.3, -0.25) is 4.79 Å². The van der Waals surface area contributed by atoms with Gasteiger partial charge in [0.2, 0.25) is 0 Å². The van der Waals surface area contributed by atoms with Gasteiger partial charge >= 0.3 is 0 Å². The molecule has 0 saturated heterocycles. The Balaban J connectivity index is 2.32. The van der Waals surface area contributed by atoms with Crippen LogP contribution in [-0.4, -0.2) is 13.0 Å². The summed E-state index contributed by atoms with van der Waals surface area (Å²) in [6, 6.07) is 9.26. The number of carbonyl (C=O) groups is 1. The fourth-order valence-corrected chi connectivity index (χ4v) is 2.06. The molecule has 6 heteroatoms. The first-order valence-corrected chi connectivity index (χ1v) is 6.51. The lowest BCUT2D eigenvalue weighted by Crippen LogP contribution is -2.15. The van der Waals surface area contributed by atoms with Crippen LogP contribution in [0.5, 0.6) is 5.75 Å². The van der Waals surface area contributed by atoms with Crippen molar-refractivity contribution in [2.24, 2.45) is 0 Å². The van der Waals surface area contributed by atoms with Gasteiger partial charge in [0.15, 0.2) is 0 Å². The van der Waals surface area contributed by atoms with E-state index >= 15 is 0 Å². The average Bonchev–Trinajstić information content (AvgIpc) is 2.42. The van der Waals surface area contributed by atoms with Gasteiger partial charge in [0.25, 0.3) is 5.91 Å². The van der Waals surface area contributed by atoms with Crippen molar-refractivity contribution in [1.29, 1.82) is 0 Å². The Morgan fingerprint density at radius 3 is 2.80 bits per heavy atom. The summed E-state index contributed by atoms with van der Waals surface area (Å²) in [5, 5.41) is 2.65. The molecule has 3 N–H and O–H groups in total. The lowest BCUT2D eigenvalue weighted by Gasteiger charge is -2.11. The molecule has 0 saturated carbocycles. The minimum absolute atomic E-state index is 0.0760. The van der Waals surface area contributed by atoms with Crippen LogP contribution in [0, 0.1) is 5.82 Å². The van der Waals surface area contributed by atoms with Crippen molar-refractivity contribution < 1.29 is 13.9 Å². The molecule has 20 heavy (non-hydrogen) atoms. The summed E-state index contributed by atoms with van der Waals surface area (Å²) in [7, 11) is 1.50. The van der Waals surface area contributed by atoms with E-state index in [4.69, 9.17) is 10.5 Å². The predicted molar refractivity (Wildman–Crippen MR) is 79.5 cm³/mol. The molecule has 4 nitrogen and oxygen atoms in total. The van der Waals surface area contributed by atoms with Crippen LogP contribution in [0.4, 0.5) is 15.8 Å². The number of amides is 1. The first kappa shape index (κ1) is 14.3. The molecule has 0 bridgehead atoms. The van der Waals surface area contributed by atoms with E-state index in [0.29, 0.717) is 11.4 Å². The number of benzene rings is 2. The number of methoxy groups -OCH3 is 1. The normalized spacial score (nSPS) is 10.2. The third kappa shape index (κ3) is 2.91. The first-order chi connectivity index (χ1) is 9.52. The number of hydrogen-bond acceptors (Lipinski definition) is 3. The van der Waals surface area contributed by atoms with Gasteiger partial charge in [-0.05, 0) is 30.3 Å². The van der Waals surface area contributed by atoms with Crippen molar-refractivity contribution in [3.8, 4) is 5.75 Å². The van der Waals surface area contributed by atoms with Crippen LogP contribution in [0.1, 0.15) is 10.4 Å². The number of nitrogens with two attached hydrogens (primary N) is 1. The summed E-state index contributed by atoms with van der Waals surface area (Å²) in [5.74, 6) is -0.631. The van der Waals surface area contributed by atoms with Crippen molar-refractivity contribution in [2.45, 2.75) is 0 Å². The van der Waals surface area contributed by atoms with E-state index in [-0.39, 0.29) is 11.3 Å². The molecule has 2 rings (SSSR count). The largest absolute Gasteiger partial charge is 0.495 e. The second kappa shape index (κ2) is 5.92. The van der Waals surface area contributed by atoms with Crippen molar-refractivity contribution in [2.75, 3.05) is 18.2 Å². The third-order valence-corrected chi connectivity index (χ3v) is 3.20. The van der Waals surface area contributed by atoms with Gasteiger partial charge in [-0.15, -0.1) is 0 Å². The third-order valence-electron chi connectivity index (χ3n) is 2.71. The zero-order chi connectivity index (χ0) is 14.7. The first-order valence-electron chi connectivity index (χ1n) is 5.72. The summed E-state index contributed by atoms with van der Waals surface area (Å²) < 4.78 is 19.3. The predicted octanol–water partition coefficient (Wildman–Crippen LogP) is 3.43. The Morgan fingerprint density at radius 1 is 1.35 bits per heavy atom. The number of anilines is 2. The van der Waals surface area contributed by atoms with E-state index in [9.17, 15) is 9.18 Å². The van der Waals surface area contributed by atoms with E-state index < -0.39 is 11.7 Å². The van der Waals surface area contributed by atoms with E-state index in [1.807, 2.05) is 0 Å². The van der Waals surface area contributed by atoms with Crippen molar-refractivity contribution in [3.63, 3.8) is 0 Å². The Kier molecular flexibility index (Phi) is 4.24. The number of hydrogen-bond donors (Lipinski definition) is 2. The van der Waals surface area contributed by atoms with Crippen LogP contribution in [0.15, 0.2) is 40.9 Å². The highest BCUT2D eigenvalue weighted by Crippen LogP contribution is 2.29. The van der Waals surface area contributed by atoms with E-state index in [2.05, 4.69) is 21.2 Å². The maximum Gasteiger partial charge on any atom is 0.257 e. The molecule has 0 radical (unpaired) electrons. The Labute approximate surface area is 123 Å². The topological polar surface area (TPSA) is 64.3 Å². The summed E-state index contributed by atoms with van der Waals surface area (Å²) in [4.78, 5) is 12.1. The van der Waals surface area contributed by atoms with E-state index in [0.717, 1.165) is 4.47 Å². The molecule has 0 aliphatic rings. The number of rotatable bonds is 3. The highest BCUT2D eigenvalue weighted by molar-refractivity contribution is 9.10. The van der Waals surface area contributed by atoms with Gasteiger partial charge in [0.05, 0.1) is 24.0 Å². The van der Waals surface area contributed by atoms with Gasteiger partial charge in [-0.2, -0.15) is 0 Å². The maximum absolute atomic E-state index is 13.4. The second-order valence-corrected chi connectivity index (χ2v) is 4.92. The van der Waals surface area contributed by atoms with Crippen molar-refractivity contribution in [3.05, 3.63) is 52.3 Å². The highest BCUT2D eigenvalue weighted by Gasteiger charge is 2.14. The van der Waals surface area contributed by atoms with Crippen LogP contribution in [0.3, 0.4) is 0 Å². The fourth-order valence-electron chi connectivity index (χ4n) is 1.70. The van der Waals surface area contributed by atoms with E-state index in [1.165, 1.54) is 25.3 Å². The summed E-state index contributed by atoms with van der Waals surface area (Å²) >= 11 is 3.31. The lowest BCUT2D eigenvalue weighted by molar-refractivity contribution is 0.102. The molecule has 0 heterocycles. The van der Waals surface area contributed by atoms with Gasteiger partial charge < -0.3 is 15.8 Å². The molecule has 0 aromatic heterocycles. The van der Waals surface area contributed by atoms with Gasteiger partial charge in [-0.1, -0.05) is 22.0 Å². The van der Waals surface area contributed by atoms with Crippen molar-refractivity contribution in [1.82, 2.24) is 0 Å². The number of para-hydroxylation sites is 1. The number of halogens is 2. The average molecular weight is 339 g/mol. The molecule has 0 atom stereocenters. The molecule has 1 amide bonds. The molecule has 0 fully saturated rings. The zero-order valence-corrected chi connectivity index (χ0v) is 12.2. The summed E-state index contributed by atoms with van der Waals surface area (Å²) in [6.07, 6.45) is 0. The minimum atomic E-state index is -0.626. The molecule has 2 aromatic rings. The zero-order valence-electron chi connectivity index (χ0n) is 10.6. The summed E-state index contributed by atoms with van der Waals surface area (Å²) in [5.41, 5.74) is 5.92. The van der Waals surface area contributed by atoms with Crippen LogP contribution >= 0.6 is 15.9 Å². The SMILES string of the molecule is COc1ccc(Br)cc1NC(=O)c1cccc(F)c1N. The Morgan fingerprint density at radius 2 is 2.10 bits per heavy atom. The minimum Gasteiger partial charge on any atom is -0.495 e. The molecule has 0 aliphatic heterocycles. The number of nitrogens with one attached hydrogen (secondary N) is 1. The monoisotopic (exact) mass is 338 g/mol. The summed E-state index contributed by atoms with van der Waals surface area (Å²) in [6.45, 7) is 0. The lowest BCUT2D eigenvalue weighted by atomic mass is 10.1. The molecule has 0 unspecified atom stereocenters. The van der Waals surface area contributed by atoms with Crippen LogP contribution in [0.2, 0.25) is 0 Å². The van der Waals surface area contributed by atoms with Crippen LogP contribution < -0.4 is 15.8 Å². The maximum atomic E-state index is 13.4. The standard InChI is InChI=1S/C14H12BrFN2O2/c1-20-12-6-5-8(15)7-11(12)18-14(19)9-3-2-4-10(16)13(9)17/h2-7H,17H2,1H3,(H,18,19). The fraction of sp³-hybridized carbons (Fsp3) is 0.0714. The van der Waals surface area contributed by atoms with Gasteiger partial charge in [0.1, 0.15) is 11.6 Å². The number of nitrogen functional groups attached to an aromatic ring is 1. The highest BCUT2D eigenvalue weighted by atomic mass is 79.9.